The smallest absolute Gasteiger partial charge is 0.237 e. The van der Waals surface area contributed by atoms with Gasteiger partial charge in [0.2, 0.25) is 11.8 Å². The molecule has 1 aliphatic rings. The minimum atomic E-state index is -0.0985. The van der Waals surface area contributed by atoms with Crippen LogP contribution in [0.5, 0.6) is 0 Å². The number of carbonyl (C=O) groups excluding carboxylic acids is 2. The zero-order valence-corrected chi connectivity index (χ0v) is 15.7. The van der Waals surface area contributed by atoms with E-state index in [2.05, 4.69) is 10.3 Å². The number of amides is 2. The van der Waals surface area contributed by atoms with Crippen molar-refractivity contribution in [3.63, 3.8) is 0 Å². The molecule has 134 valence electrons. The minimum Gasteiger partial charge on any atom is -0.352 e. The summed E-state index contributed by atoms with van der Waals surface area (Å²) in [7, 11) is 3.58. The van der Waals surface area contributed by atoms with Gasteiger partial charge in [0.25, 0.3) is 0 Å². The normalized spacial score (nSPS) is 15.4. The van der Waals surface area contributed by atoms with Crippen LogP contribution in [0.3, 0.4) is 0 Å². The average Bonchev–Trinajstić information content (AvgIpc) is 3.27. The van der Waals surface area contributed by atoms with E-state index in [1.54, 1.807) is 35.2 Å². The SMILES string of the molecule is C[C@@H](c1nc2ccccc2s1)N(C)C(=O)CN(C)CC(=O)NC1CC1. The van der Waals surface area contributed by atoms with Crippen molar-refractivity contribution >= 4 is 33.4 Å². The Morgan fingerprint density at radius 1 is 1.28 bits per heavy atom. The van der Waals surface area contributed by atoms with Crippen molar-refractivity contribution in [1.82, 2.24) is 20.1 Å². The summed E-state index contributed by atoms with van der Waals surface area (Å²) < 4.78 is 1.12. The lowest BCUT2D eigenvalue weighted by atomic mass is 10.3. The summed E-state index contributed by atoms with van der Waals surface area (Å²) >= 11 is 1.61. The number of nitrogens with one attached hydrogen (secondary N) is 1. The molecule has 25 heavy (non-hydrogen) atoms. The quantitative estimate of drug-likeness (QED) is 0.820. The van der Waals surface area contributed by atoms with Gasteiger partial charge in [-0.25, -0.2) is 4.98 Å². The fourth-order valence-electron chi connectivity index (χ4n) is 2.59. The average molecular weight is 360 g/mol. The van der Waals surface area contributed by atoms with Crippen LogP contribution < -0.4 is 5.32 Å². The molecule has 1 fully saturated rings. The van der Waals surface area contributed by atoms with Crippen LogP contribution in [0.25, 0.3) is 10.2 Å². The second-order valence-corrected chi connectivity index (χ2v) is 7.78. The van der Waals surface area contributed by atoms with Crippen LogP contribution in [0.4, 0.5) is 0 Å². The maximum Gasteiger partial charge on any atom is 0.237 e. The van der Waals surface area contributed by atoms with Crippen LogP contribution in [-0.4, -0.2) is 59.8 Å². The first-order valence-corrected chi connectivity index (χ1v) is 9.34. The number of hydrogen-bond donors (Lipinski definition) is 1. The van der Waals surface area contributed by atoms with Crippen LogP contribution in [0.1, 0.15) is 30.8 Å². The fraction of sp³-hybridized carbons (Fsp3) is 0.500. The van der Waals surface area contributed by atoms with E-state index in [9.17, 15) is 9.59 Å². The van der Waals surface area contributed by atoms with Crippen LogP contribution in [0, 0.1) is 0 Å². The number of para-hydroxylation sites is 1. The molecule has 1 heterocycles. The molecule has 1 aliphatic carbocycles. The Morgan fingerprint density at radius 2 is 2.00 bits per heavy atom. The van der Waals surface area contributed by atoms with Crippen molar-refractivity contribution in [2.24, 2.45) is 0 Å². The van der Waals surface area contributed by atoms with Gasteiger partial charge >= 0.3 is 0 Å². The van der Waals surface area contributed by atoms with E-state index < -0.39 is 0 Å². The van der Waals surface area contributed by atoms with Gasteiger partial charge in [-0.15, -0.1) is 11.3 Å². The molecule has 0 spiro atoms. The first kappa shape index (κ1) is 17.8. The number of thiazole rings is 1. The van der Waals surface area contributed by atoms with E-state index in [-0.39, 0.29) is 30.9 Å². The first-order valence-electron chi connectivity index (χ1n) is 8.53. The van der Waals surface area contributed by atoms with Crippen LogP contribution in [-0.2, 0) is 9.59 Å². The lowest BCUT2D eigenvalue weighted by Crippen LogP contribution is -2.42. The van der Waals surface area contributed by atoms with Gasteiger partial charge in [0, 0.05) is 13.1 Å². The van der Waals surface area contributed by atoms with Crippen molar-refractivity contribution in [2.75, 3.05) is 27.2 Å². The highest BCUT2D eigenvalue weighted by Crippen LogP contribution is 2.28. The van der Waals surface area contributed by atoms with Gasteiger partial charge in [0.05, 0.1) is 29.3 Å². The summed E-state index contributed by atoms with van der Waals surface area (Å²) in [4.78, 5) is 32.4. The standard InChI is InChI=1S/C18H24N4O2S/c1-12(18-20-14-6-4-5-7-15(14)25-18)22(3)17(24)11-21(2)10-16(23)19-13-8-9-13/h4-7,12-13H,8-11H2,1-3H3,(H,19,23)/t12-/m0/s1. The number of fused-ring (bicyclic) bond motifs is 1. The molecule has 7 heteroatoms. The Balaban J connectivity index is 1.55. The largest absolute Gasteiger partial charge is 0.352 e. The molecule has 2 amide bonds. The van der Waals surface area contributed by atoms with Gasteiger partial charge in [0.1, 0.15) is 5.01 Å². The molecule has 6 nitrogen and oxygen atoms in total. The minimum absolute atomic E-state index is 0.0142. The molecule has 3 rings (SSSR count). The predicted molar refractivity (Wildman–Crippen MR) is 99.5 cm³/mol. The van der Waals surface area contributed by atoms with E-state index in [0.29, 0.717) is 6.04 Å². The summed E-state index contributed by atoms with van der Waals surface area (Å²) in [6, 6.07) is 8.23. The van der Waals surface area contributed by atoms with Gasteiger partial charge < -0.3 is 10.2 Å². The Hall–Kier alpha value is -1.99. The van der Waals surface area contributed by atoms with Crippen molar-refractivity contribution in [3.05, 3.63) is 29.3 Å². The third kappa shape index (κ3) is 4.55. The number of rotatable bonds is 7. The molecule has 0 unspecified atom stereocenters. The second-order valence-electron chi connectivity index (χ2n) is 6.71. The lowest BCUT2D eigenvalue weighted by molar-refractivity contribution is -0.133. The molecule has 2 aromatic rings. The molecule has 0 aliphatic heterocycles. The molecule has 1 saturated carbocycles. The maximum atomic E-state index is 12.5. The highest BCUT2D eigenvalue weighted by atomic mass is 32.1. The van der Waals surface area contributed by atoms with Crippen molar-refractivity contribution in [1.29, 1.82) is 0 Å². The summed E-state index contributed by atoms with van der Waals surface area (Å²) in [5, 5.41) is 3.86. The fourth-order valence-corrected chi connectivity index (χ4v) is 3.66. The molecule has 1 aromatic heterocycles. The lowest BCUT2D eigenvalue weighted by Gasteiger charge is -2.25. The Labute approximate surface area is 151 Å². The van der Waals surface area contributed by atoms with Crippen LogP contribution >= 0.6 is 11.3 Å². The van der Waals surface area contributed by atoms with E-state index in [1.165, 1.54) is 0 Å². The van der Waals surface area contributed by atoms with Crippen LogP contribution in [0.2, 0.25) is 0 Å². The number of benzene rings is 1. The zero-order chi connectivity index (χ0) is 18.0. The summed E-state index contributed by atoms with van der Waals surface area (Å²) in [5.74, 6) is -0.0341. The van der Waals surface area contributed by atoms with E-state index in [4.69, 9.17) is 0 Å². The Bertz CT molecular complexity index is 738. The monoisotopic (exact) mass is 360 g/mol. The van der Waals surface area contributed by atoms with Gasteiger partial charge in [-0.3, -0.25) is 14.5 Å². The molecule has 1 atom stereocenters. The molecular formula is C18H24N4O2S. The van der Waals surface area contributed by atoms with Crippen LogP contribution in [0.15, 0.2) is 24.3 Å². The number of nitrogens with zero attached hydrogens (tertiary/aromatic N) is 3. The summed E-state index contributed by atoms with van der Waals surface area (Å²) in [5.41, 5.74) is 0.962. The van der Waals surface area contributed by atoms with Crippen molar-refractivity contribution in [3.8, 4) is 0 Å². The predicted octanol–water partition coefficient (Wildman–Crippen LogP) is 2.03. The highest BCUT2D eigenvalue weighted by molar-refractivity contribution is 7.18. The van der Waals surface area contributed by atoms with E-state index in [0.717, 1.165) is 28.1 Å². The molecule has 0 bridgehead atoms. The summed E-state index contributed by atoms with van der Waals surface area (Å²) in [6.45, 7) is 2.44. The van der Waals surface area contributed by atoms with Gasteiger partial charge in [-0.1, -0.05) is 12.1 Å². The van der Waals surface area contributed by atoms with Gasteiger partial charge in [-0.05, 0) is 38.9 Å². The zero-order valence-electron chi connectivity index (χ0n) is 14.9. The third-order valence-electron chi connectivity index (χ3n) is 4.40. The van der Waals surface area contributed by atoms with Gasteiger partial charge in [-0.2, -0.15) is 0 Å². The Kier molecular flexibility index (Phi) is 5.34. The molecule has 0 radical (unpaired) electrons. The number of hydrogen-bond acceptors (Lipinski definition) is 5. The topological polar surface area (TPSA) is 65.5 Å². The highest BCUT2D eigenvalue weighted by Gasteiger charge is 2.25. The first-order chi connectivity index (χ1) is 11.9. The molecule has 1 aromatic carbocycles. The van der Waals surface area contributed by atoms with E-state index in [1.807, 2.05) is 31.2 Å². The Morgan fingerprint density at radius 3 is 2.68 bits per heavy atom. The van der Waals surface area contributed by atoms with Gasteiger partial charge in [0.15, 0.2) is 0 Å². The maximum absolute atomic E-state index is 12.5. The van der Waals surface area contributed by atoms with Crippen molar-refractivity contribution < 1.29 is 9.59 Å². The number of likely N-dealkylation sites (N-methyl/N-ethyl adjacent to an activating group) is 2. The molecule has 0 saturated heterocycles. The third-order valence-corrected chi connectivity index (χ3v) is 5.61. The number of carbonyl (C=O) groups is 2. The second kappa shape index (κ2) is 7.49. The van der Waals surface area contributed by atoms with E-state index >= 15 is 0 Å². The number of aromatic nitrogens is 1. The molecular weight excluding hydrogens is 336 g/mol. The molecule has 1 N–H and O–H groups in total. The summed E-state index contributed by atoms with van der Waals surface area (Å²) in [6.07, 6.45) is 2.13. The van der Waals surface area contributed by atoms with Crippen molar-refractivity contribution in [2.45, 2.75) is 31.8 Å².